The highest BCUT2D eigenvalue weighted by molar-refractivity contribution is 7.98. The monoisotopic (exact) mass is 454 g/mol. The fourth-order valence-electron chi connectivity index (χ4n) is 3.64. The highest BCUT2D eigenvalue weighted by Gasteiger charge is 2.15. The van der Waals surface area contributed by atoms with E-state index in [0.29, 0.717) is 27.5 Å². The van der Waals surface area contributed by atoms with Gasteiger partial charge >= 0.3 is 0 Å². The number of thioether (sulfide) groups is 1. The lowest BCUT2D eigenvalue weighted by Gasteiger charge is -2.13. The molecule has 0 saturated heterocycles. The number of aryl methyl sites for hydroxylation is 1. The Labute approximate surface area is 192 Å². The standard InChI is InChI=1S/C24H18N6O2S/c1-2-15-7-9-18(10-8-15)29-23(32)19-5-3-4-6-20(19)28-24(29)33-14-17-11-21(31)30-22(27-17)16(12-25)13-26-30/h3-11,13,26H,2,14H2,1H3. The van der Waals surface area contributed by atoms with Crippen molar-refractivity contribution in [2.75, 3.05) is 0 Å². The number of para-hydroxylation sites is 1. The van der Waals surface area contributed by atoms with E-state index >= 15 is 0 Å². The van der Waals surface area contributed by atoms with Gasteiger partial charge in [0.2, 0.25) is 0 Å². The number of nitriles is 1. The second kappa shape index (κ2) is 8.41. The van der Waals surface area contributed by atoms with Crippen LogP contribution in [0.4, 0.5) is 0 Å². The van der Waals surface area contributed by atoms with Crippen LogP contribution in [0.2, 0.25) is 0 Å². The first-order valence-corrected chi connectivity index (χ1v) is 11.3. The lowest BCUT2D eigenvalue weighted by Crippen LogP contribution is -2.22. The zero-order valence-corrected chi connectivity index (χ0v) is 18.5. The van der Waals surface area contributed by atoms with Crippen molar-refractivity contribution in [2.24, 2.45) is 0 Å². The van der Waals surface area contributed by atoms with E-state index in [9.17, 15) is 14.9 Å². The predicted molar refractivity (Wildman–Crippen MR) is 127 cm³/mol. The van der Waals surface area contributed by atoms with E-state index in [1.54, 1.807) is 16.7 Å². The molecule has 33 heavy (non-hydrogen) atoms. The zero-order valence-electron chi connectivity index (χ0n) is 17.6. The summed E-state index contributed by atoms with van der Waals surface area (Å²) in [6.07, 6.45) is 2.35. The molecule has 0 atom stereocenters. The third-order valence-corrected chi connectivity index (χ3v) is 6.34. The summed E-state index contributed by atoms with van der Waals surface area (Å²) < 4.78 is 2.82. The largest absolute Gasteiger partial charge is 0.295 e. The number of nitrogens with one attached hydrogen (secondary N) is 1. The van der Waals surface area contributed by atoms with Crippen LogP contribution in [0.1, 0.15) is 23.7 Å². The van der Waals surface area contributed by atoms with E-state index < -0.39 is 0 Å². The average molecular weight is 455 g/mol. The summed E-state index contributed by atoms with van der Waals surface area (Å²) in [7, 11) is 0. The van der Waals surface area contributed by atoms with E-state index in [4.69, 9.17) is 4.98 Å². The molecule has 0 aliphatic carbocycles. The minimum atomic E-state index is -0.309. The Bertz CT molecular complexity index is 1660. The van der Waals surface area contributed by atoms with E-state index in [0.717, 1.165) is 12.1 Å². The van der Waals surface area contributed by atoms with Crippen LogP contribution in [-0.4, -0.2) is 24.1 Å². The average Bonchev–Trinajstić information content (AvgIpc) is 3.27. The minimum Gasteiger partial charge on any atom is -0.295 e. The van der Waals surface area contributed by atoms with Gasteiger partial charge in [0.1, 0.15) is 11.6 Å². The first-order valence-electron chi connectivity index (χ1n) is 10.3. The smallest absolute Gasteiger partial charge is 0.272 e. The molecule has 0 fully saturated rings. The van der Waals surface area contributed by atoms with E-state index in [2.05, 4.69) is 17.0 Å². The number of rotatable bonds is 5. The molecule has 5 aromatic rings. The second-order valence-electron chi connectivity index (χ2n) is 7.40. The van der Waals surface area contributed by atoms with E-state index in [1.807, 2.05) is 42.5 Å². The molecule has 0 bridgehead atoms. The maximum Gasteiger partial charge on any atom is 0.272 e. The molecule has 0 unspecified atom stereocenters. The van der Waals surface area contributed by atoms with Gasteiger partial charge < -0.3 is 0 Å². The lowest BCUT2D eigenvalue weighted by atomic mass is 10.1. The molecule has 5 rings (SSSR count). The minimum absolute atomic E-state index is 0.159. The Morgan fingerprint density at radius 2 is 1.88 bits per heavy atom. The van der Waals surface area contributed by atoms with Crippen molar-refractivity contribution in [3.05, 3.63) is 98.3 Å². The molecule has 9 heteroatoms. The van der Waals surface area contributed by atoms with Crippen molar-refractivity contribution in [3.63, 3.8) is 0 Å². The van der Waals surface area contributed by atoms with Crippen LogP contribution in [0, 0.1) is 11.3 Å². The van der Waals surface area contributed by atoms with Crippen molar-refractivity contribution in [2.45, 2.75) is 24.3 Å². The van der Waals surface area contributed by atoms with Crippen LogP contribution >= 0.6 is 11.8 Å². The molecule has 162 valence electrons. The second-order valence-corrected chi connectivity index (χ2v) is 8.35. The van der Waals surface area contributed by atoms with Gasteiger partial charge in [-0.05, 0) is 36.2 Å². The van der Waals surface area contributed by atoms with Crippen molar-refractivity contribution >= 4 is 28.3 Å². The Kier molecular flexibility index (Phi) is 5.28. The molecule has 8 nitrogen and oxygen atoms in total. The molecule has 0 aliphatic rings. The first kappa shape index (κ1) is 20.7. The van der Waals surface area contributed by atoms with Gasteiger partial charge in [0.25, 0.3) is 11.1 Å². The predicted octanol–water partition coefficient (Wildman–Crippen LogP) is 3.45. The Hall–Kier alpha value is -4.16. The fourth-order valence-corrected chi connectivity index (χ4v) is 4.55. The highest BCUT2D eigenvalue weighted by atomic mass is 32.2. The Morgan fingerprint density at radius 3 is 2.64 bits per heavy atom. The van der Waals surface area contributed by atoms with Gasteiger partial charge in [-0.15, -0.1) is 0 Å². The van der Waals surface area contributed by atoms with Crippen LogP contribution < -0.4 is 11.1 Å². The summed E-state index contributed by atoms with van der Waals surface area (Å²) in [6.45, 7) is 2.08. The number of benzene rings is 2. The van der Waals surface area contributed by atoms with Gasteiger partial charge in [0.15, 0.2) is 10.8 Å². The van der Waals surface area contributed by atoms with E-state index in [-0.39, 0.29) is 22.3 Å². The summed E-state index contributed by atoms with van der Waals surface area (Å²) in [6, 6.07) is 18.5. The molecule has 0 radical (unpaired) electrons. The number of aromatic nitrogens is 5. The SMILES string of the molecule is CCc1ccc(-n2c(SCc3cc(=O)n4[nH]cc(C#N)c4n3)nc3ccccc3c2=O)cc1. The number of hydrogen-bond acceptors (Lipinski definition) is 6. The maximum absolute atomic E-state index is 13.4. The third-order valence-electron chi connectivity index (χ3n) is 5.37. The Morgan fingerprint density at radius 1 is 1.09 bits per heavy atom. The molecule has 3 aromatic heterocycles. The Balaban J connectivity index is 1.60. The van der Waals surface area contributed by atoms with Crippen LogP contribution in [0.25, 0.3) is 22.2 Å². The zero-order chi connectivity index (χ0) is 22.9. The summed E-state index contributed by atoms with van der Waals surface area (Å²) in [5.41, 5.74) is 3.09. The number of H-pyrrole nitrogens is 1. The molecule has 0 spiro atoms. The van der Waals surface area contributed by atoms with Crippen LogP contribution in [0.15, 0.2) is 75.5 Å². The third kappa shape index (κ3) is 3.70. The number of aromatic amines is 1. The van der Waals surface area contributed by atoms with Crippen LogP contribution in [0.3, 0.4) is 0 Å². The highest BCUT2D eigenvalue weighted by Crippen LogP contribution is 2.24. The fraction of sp³-hybridized carbons (Fsp3) is 0.125. The molecule has 3 heterocycles. The van der Waals surface area contributed by atoms with Crippen molar-refractivity contribution in [1.29, 1.82) is 5.26 Å². The molecular formula is C24H18N6O2S. The van der Waals surface area contributed by atoms with Gasteiger partial charge in [0, 0.05) is 18.0 Å². The van der Waals surface area contributed by atoms with Crippen LogP contribution in [-0.2, 0) is 12.2 Å². The molecule has 1 N–H and O–H groups in total. The number of fused-ring (bicyclic) bond motifs is 2. The van der Waals surface area contributed by atoms with Crippen molar-refractivity contribution < 1.29 is 0 Å². The summed E-state index contributed by atoms with van der Waals surface area (Å²) in [5, 5.41) is 13.0. The molecule has 0 amide bonds. The van der Waals surface area contributed by atoms with Gasteiger partial charge in [0.05, 0.1) is 22.3 Å². The normalized spacial score (nSPS) is 11.2. The summed E-state index contributed by atoms with van der Waals surface area (Å²) in [5.74, 6) is 0.305. The van der Waals surface area contributed by atoms with Crippen molar-refractivity contribution in [1.82, 2.24) is 24.1 Å². The lowest BCUT2D eigenvalue weighted by molar-refractivity contribution is 0.818. The van der Waals surface area contributed by atoms with Gasteiger partial charge in [-0.25, -0.2) is 14.5 Å². The van der Waals surface area contributed by atoms with Gasteiger partial charge in [-0.3, -0.25) is 19.3 Å². The van der Waals surface area contributed by atoms with Gasteiger partial charge in [-0.2, -0.15) is 5.26 Å². The first-order chi connectivity index (χ1) is 16.1. The maximum atomic E-state index is 13.4. The van der Waals surface area contributed by atoms with E-state index in [1.165, 1.54) is 34.1 Å². The quantitative estimate of drug-likeness (QED) is 0.322. The number of nitrogens with zero attached hydrogens (tertiary/aromatic N) is 5. The topological polar surface area (TPSA) is 109 Å². The van der Waals surface area contributed by atoms with Crippen LogP contribution in [0.5, 0.6) is 0 Å². The molecular weight excluding hydrogens is 436 g/mol. The van der Waals surface area contributed by atoms with Gasteiger partial charge in [-0.1, -0.05) is 43.0 Å². The van der Waals surface area contributed by atoms with Crippen molar-refractivity contribution in [3.8, 4) is 11.8 Å². The molecule has 0 aliphatic heterocycles. The molecule has 2 aromatic carbocycles. The summed E-state index contributed by atoms with van der Waals surface area (Å²) in [4.78, 5) is 35.0. The number of hydrogen-bond donors (Lipinski definition) is 1. The summed E-state index contributed by atoms with van der Waals surface area (Å²) >= 11 is 1.32. The molecule has 0 saturated carbocycles.